The number of piperidine rings is 1. The number of amides is 1. The number of ether oxygens (including phenoxy) is 1. The normalized spacial score (nSPS) is 15.0. The number of benzene rings is 1. The zero-order valence-corrected chi connectivity index (χ0v) is 17.5. The topological polar surface area (TPSA) is 54.5 Å². The van der Waals surface area contributed by atoms with Gasteiger partial charge in [-0.3, -0.25) is 4.79 Å². The largest absolute Gasteiger partial charge is 0.383 e. The van der Waals surface area contributed by atoms with E-state index >= 15 is 0 Å². The van der Waals surface area contributed by atoms with Crippen molar-refractivity contribution in [2.75, 3.05) is 38.3 Å². The number of halogens is 1. The lowest BCUT2D eigenvalue weighted by atomic mass is 9.89. The Morgan fingerprint density at radius 1 is 1.30 bits per heavy atom. The fraction of sp³-hybridized carbons (Fsp3) is 0.429. The number of nitrogens with zero attached hydrogens (tertiary/aromatic N) is 2. The standard InChI is InChI=1S/C21H26BrN3O2/c1-15-13-17(3-5-19(15)22)16-7-10-25(11-8-16)20-6-4-18(14-24-20)21(26)23-9-12-27-2/h3-6,13-14,16H,7-12H2,1-2H3,(H,23,26). The number of pyridine rings is 1. The third kappa shape index (κ3) is 5.08. The molecule has 1 aliphatic rings. The minimum Gasteiger partial charge on any atom is -0.383 e. The summed E-state index contributed by atoms with van der Waals surface area (Å²) in [6.07, 6.45) is 3.88. The van der Waals surface area contributed by atoms with E-state index in [0.717, 1.165) is 31.7 Å². The van der Waals surface area contributed by atoms with Gasteiger partial charge in [0.05, 0.1) is 12.2 Å². The highest BCUT2D eigenvalue weighted by Crippen LogP contribution is 2.31. The minimum absolute atomic E-state index is 0.115. The van der Waals surface area contributed by atoms with Crippen LogP contribution in [0.5, 0.6) is 0 Å². The first kappa shape index (κ1) is 19.8. The van der Waals surface area contributed by atoms with E-state index in [9.17, 15) is 4.79 Å². The van der Waals surface area contributed by atoms with E-state index in [4.69, 9.17) is 4.74 Å². The summed E-state index contributed by atoms with van der Waals surface area (Å²) in [6, 6.07) is 10.4. The molecular weight excluding hydrogens is 406 g/mol. The predicted octanol–water partition coefficient (Wildman–Crippen LogP) is 3.91. The Bertz CT molecular complexity index is 771. The van der Waals surface area contributed by atoms with Gasteiger partial charge >= 0.3 is 0 Å². The summed E-state index contributed by atoms with van der Waals surface area (Å²) in [7, 11) is 1.61. The average Bonchev–Trinajstić information content (AvgIpc) is 2.70. The van der Waals surface area contributed by atoms with Crippen molar-refractivity contribution >= 4 is 27.7 Å². The van der Waals surface area contributed by atoms with E-state index in [1.165, 1.54) is 15.6 Å². The predicted molar refractivity (Wildman–Crippen MR) is 112 cm³/mol. The van der Waals surface area contributed by atoms with Gasteiger partial charge in [0.2, 0.25) is 0 Å². The SMILES string of the molecule is COCCNC(=O)c1ccc(N2CCC(c3ccc(Br)c(C)c3)CC2)nc1. The summed E-state index contributed by atoms with van der Waals surface area (Å²) in [5.74, 6) is 1.42. The van der Waals surface area contributed by atoms with Crippen molar-refractivity contribution in [3.63, 3.8) is 0 Å². The third-order valence-corrected chi connectivity index (χ3v) is 5.96. The molecule has 3 rings (SSSR count). The van der Waals surface area contributed by atoms with Crippen LogP contribution in [-0.2, 0) is 4.74 Å². The molecule has 1 aromatic heterocycles. The van der Waals surface area contributed by atoms with Crippen LogP contribution in [0.4, 0.5) is 5.82 Å². The summed E-state index contributed by atoms with van der Waals surface area (Å²) in [5, 5.41) is 2.81. The molecule has 0 atom stereocenters. The van der Waals surface area contributed by atoms with Crippen LogP contribution in [0.2, 0.25) is 0 Å². The van der Waals surface area contributed by atoms with Crippen LogP contribution in [-0.4, -0.2) is 44.2 Å². The molecule has 1 aliphatic heterocycles. The van der Waals surface area contributed by atoms with Crippen molar-refractivity contribution in [2.45, 2.75) is 25.7 Å². The number of carbonyl (C=O) groups excluding carboxylic acids is 1. The quantitative estimate of drug-likeness (QED) is 0.704. The Kier molecular flexibility index (Phi) is 6.85. The third-order valence-electron chi connectivity index (χ3n) is 5.07. The Balaban J connectivity index is 1.56. The summed E-state index contributed by atoms with van der Waals surface area (Å²) in [6.45, 7) is 5.10. The number of nitrogens with one attached hydrogen (secondary N) is 1. The zero-order chi connectivity index (χ0) is 19.2. The summed E-state index contributed by atoms with van der Waals surface area (Å²) < 4.78 is 6.11. The van der Waals surface area contributed by atoms with Crippen LogP contribution in [0.3, 0.4) is 0 Å². The second-order valence-corrected chi connectivity index (χ2v) is 7.78. The van der Waals surface area contributed by atoms with Gasteiger partial charge in [0.1, 0.15) is 5.82 Å². The number of aromatic nitrogens is 1. The van der Waals surface area contributed by atoms with Crippen molar-refractivity contribution in [3.8, 4) is 0 Å². The lowest BCUT2D eigenvalue weighted by molar-refractivity contribution is 0.0937. The molecule has 1 N–H and O–H groups in total. The number of rotatable bonds is 6. The number of carbonyl (C=O) groups is 1. The van der Waals surface area contributed by atoms with Gasteiger partial charge in [-0.25, -0.2) is 4.98 Å². The van der Waals surface area contributed by atoms with Gasteiger partial charge in [0, 0.05) is 37.4 Å². The second-order valence-electron chi connectivity index (χ2n) is 6.92. The van der Waals surface area contributed by atoms with Crippen LogP contribution in [0.15, 0.2) is 41.0 Å². The molecular formula is C21H26BrN3O2. The highest BCUT2D eigenvalue weighted by molar-refractivity contribution is 9.10. The first-order valence-electron chi connectivity index (χ1n) is 9.32. The molecule has 0 radical (unpaired) electrons. The molecule has 0 bridgehead atoms. The Morgan fingerprint density at radius 2 is 2.07 bits per heavy atom. The van der Waals surface area contributed by atoms with E-state index < -0.39 is 0 Å². The Labute approximate surface area is 169 Å². The van der Waals surface area contributed by atoms with E-state index in [-0.39, 0.29) is 5.91 Å². The van der Waals surface area contributed by atoms with Crippen LogP contribution >= 0.6 is 15.9 Å². The lowest BCUT2D eigenvalue weighted by Crippen LogP contribution is -2.33. The summed E-state index contributed by atoms with van der Waals surface area (Å²) >= 11 is 3.58. The smallest absolute Gasteiger partial charge is 0.252 e. The van der Waals surface area contributed by atoms with Crippen molar-refractivity contribution in [2.24, 2.45) is 0 Å². The van der Waals surface area contributed by atoms with E-state index in [2.05, 4.69) is 56.3 Å². The van der Waals surface area contributed by atoms with Crippen molar-refractivity contribution in [3.05, 3.63) is 57.7 Å². The fourth-order valence-corrected chi connectivity index (χ4v) is 3.69. The molecule has 144 valence electrons. The van der Waals surface area contributed by atoms with Crippen LogP contribution in [0.25, 0.3) is 0 Å². The molecule has 6 heteroatoms. The molecule has 2 aromatic rings. The number of hydrogen-bond donors (Lipinski definition) is 1. The van der Waals surface area contributed by atoms with E-state index in [0.29, 0.717) is 24.6 Å². The van der Waals surface area contributed by atoms with Gasteiger partial charge in [0.15, 0.2) is 0 Å². The molecule has 27 heavy (non-hydrogen) atoms. The molecule has 0 saturated carbocycles. The van der Waals surface area contributed by atoms with Gasteiger partial charge in [-0.15, -0.1) is 0 Å². The van der Waals surface area contributed by atoms with Gasteiger partial charge in [-0.05, 0) is 55.0 Å². The average molecular weight is 432 g/mol. The molecule has 0 spiro atoms. The summed E-state index contributed by atoms with van der Waals surface area (Å²) in [4.78, 5) is 18.8. The van der Waals surface area contributed by atoms with Crippen molar-refractivity contribution in [1.29, 1.82) is 0 Å². The Hall–Kier alpha value is -1.92. The van der Waals surface area contributed by atoms with Crippen molar-refractivity contribution < 1.29 is 9.53 Å². The maximum atomic E-state index is 12.0. The number of methoxy groups -OCH3 is 1. The van der Waals surface area contributed by atoms with Crippen LogP contribution in [0.1, 0.15) is 40.2 Å². The highest BCUT2D eigenvalue weighted by Gasteiger charge is 2.22. The zero-order valence-electron chi connectivity index (χ0n) is 15.9. The van der Waals surface area contributed by atoms with Gasteiger partial charge < -0.3 is 15.0 Å². The van der Waals surface area contributed by atoms with Crippen LogP contribution < -0.4 is 10.2 Å². The second kappa shape index (κ2) is 9.33. The van der Waals surface area contributed by atoms with Crippen molar-refractivity contribution in [1.82, 2.24) is 10.3 Å². The maximum Gasteiger partial charge on any atom is 0.252 e. The number of aryl methyl sites for hydroxylation is 1. The molecule has 0 aliphatic carbocycles. The maximum absolute atomic E-state index is 12.0. The minimum atomic E-state index is -0.115. The van der Waals surface area contributed by atoms with E-state index in [1.54, 1.807) is 13.3 Å². The number of hydrogen-bond acceptors (Lipinski definition) is 4. The Morgan fingerprint density at radius 3 is 2.70 bits per heavy atom. The molecule has 5 nitrogen and oxygen atoms in total. The molecule has 1 fully saturated rings. The van der Waals surface area contributed by atoms with Gasteiger partial charge in [0.25, 0.3) is 5.91 Å². The molecule has 2 heterocycles. The van der Waals surface area contributed by atoms with Gasteiger partial charge in [-0.1, -0.05) is 28.1 Å². The molecule has 1 amide bonds. The van der Waals surface area contributed by atoms with Crippen LogP contribution in [0, 0.1) is 6.92 Å². The van der Waals surface area contributed by atoms with Gasteiger partial charge in [-0.2, -0.15) is 0 Å². The molecule has 1 aromatic carbocycles. The monoisotopic (exact) mass is 431 g/mol. The molecule has 0 unspecified atom stereocenters. The summed E-state index contributed by atoms with van der Waals surface area (Å²) in [5.41, 5.74) is 3.29. The first-order valence-corrected chi connectivity index (χ1v) is 10.1. The van der Waals surface area contributed by atoms with E-state index in [1.807, 2.05) is 12.1 Å². The number of anilines is 1. The fourth-order valence-electron chi connectivity index (χ4n) is 3.44. The highest BCUT2D eigenvalue weighted by atomic mass is 79.9. The first-order chi connectivity index (χ1) is 13.1. The lowest BCUT2D eigenvalue weighted by Gasteiger charge is -2.33. The molecule has 1 saturated heterocycles.